The molecule has 0 aliphatic rings. The smallest absolute Gasteiger partial charge is 0.348 e. The molecule has 7 nitrogen and oxygen atoms in total. The van der Waals surface area contributed by atoms with Crippen molar-refractivity contribution >= 4 is 5.91 Å². The first kappa shape index (κ1) is 16.7. The molecule has 0 saturated heterocycles. The number of carbonyl (C=O) groups excluding carboxylic acids is 1. The first-order chi connectivity index (χ1) is 11.0. The first-order valence-electron chi connectivity index (χ1n) is 7.56. The van der Waals surface area contributed by atoms with Crippen LogP contribution in [-0.2, 0) is 6.54 Å². The highest BCUT2D eigenvalue weighted by Gasteiger charge is 2.20. The number of amides is 1. The highest BCUT2D eigenvalue weighted by molar-refractivity contribution is 5.91. The standard InChI is InChI=1S/C16H20N4O3/c1-4-10-19-15(22)13(14(21)17-11(2)3)18-20(16(19)23)12-8-6-5-7-9-12/h5-9,11H,4,10H2,1-3H3,(H,17,21). The number of para-hydroxylation sites is 1. The molecule has 1 aromatic carbocycles. The molecule has 0 bridgehead atoms. The lowest BCUT2D eigenvalue weighted by Crippen LogP contribution is -2.46. The Morgan fingerprint density at radius 2 is 1.87 bits per heavy atom. The molecule has 0 radical (unpaired) electrons. The summed E-state index contributed by atoms with van der Waals surface area (Å²) in [6.07, 6.45) is 0.596. The van der Waals surface area contributed by atoms with Crippen LogP contribution < -0.4 is 16.6 Å². The second-order valence-electron chi connectivity index (χ2n) is 5.46. The van der Waals surface area contributed by atoms with E-state index in [1.807, 2.05) is 13.0 Å². The van der Waals surface area contributed by atoms with E-state index in [1.54, 1.807) is 38.1 Å². The molecular formula is C16H20N4O3. The zero-order chi connectivity index (χ0) is 17.0. The number of hydrogen-bond donors (Lipinski definition) is 1. The van der Waals surface area contributed by atoms with Crippen molar-refractivity contribution in [1.82, 2.24) is 19.7 Å². The molecule has 122 valence electrons. The molecular weight excluding hydrogens is 296 g/mol. The van der Waals surface area contributed by atoms with Crippen LogP contribution >= 0.6 is 0 Å². The zero-order valence-corrected chi connectivity index (χ0v) is 13.4. The highest BCUT2D eigenvalue weighted by atomic mass is 16.2. The van der Waals surface area contributed by atoms with E-state index < -0.39 is 17.2 Å². The Hall–Kier alpha value is -2.70. The van der Waals surface area contributed by atoms with Crippen LogP contribution in [0.1, 0.15) is 37.7 Å². The Labute approximate surface area is 133 Å². The van der Waals surface area contributed by atoms with Crippen LogP contribution in [0.2, 0.25) is 0 Å². The summed E-state index contributed by atoms with van der Waals surface area (Å²) in [5.74, 6) is -0.584. The van der Waals surface area contributed by atoms with Crippen molar-refractivity contribution in [3.63, 3.8) is 0 Å². The molecule has 1 amide bonds. The number of rotatable bonds is 5. The van der Waals surface area contributed by atoms with Crippen molar-refractivity contribution in [3.05, 3.63) is 56.9 Å². The van der Waals surface area contributed by atoms with E-state index in [0.29, 0.717) is 12.1 Å². The normalized spacial score (nSPS) is 10.8. The summed E-state index contributed by atoms with van der Waals surface area (Å²) >= 11 is 0. The predicted molar refractivity (Wildman–Crippen MR) is 87.0 cm³/mol. The summed E-state index contributed by atoms with van der Waals surface area (Å²) in [4.78, 5) is 37.1. The Morgan fingerprint density at radius 3 is 2.43 bits per heavy atom. The third kappa shape index (κ3) is 3.56. The third-order valence-electron chi connectivity index (χ3n) is 3.14. The van der Waals surface area contributed by atoms with Gasteiger partial charge in [0.1, 0.15) is 0 Å². The fraction of sp³-hybridized carbons (Fsp3) is 0.375. The Morgan fingerprint density at radius 1 is 1.22 bits per heavy atom. The number of carbonyl (C=O) groups is 1. The van der Waals surface area contributed by atoms with Crippen molar-refractivity contribution in [2.75, 3.05) is 0 Å². The van der Waals surface area contributed by atoms with Crippen molar-refractivity contribution in [2.24, 2.45) is 0 Å². The summed E-state index contributed by atoms with van der Waals surface area (Å²) in [7, 11) is 0. The van der Waals surface area contributed by atoms with E-state index in [1.165, 1.54) is 0 Å². The zero-order valence-electron chi connectivity index (χ0n) is 13.4. The number of nitrogens with one attached hydrogen (secondary N) is 1. The molecule has 1 aromatic heterocycles. The molecule has 2 aromatic rings. The molecule has 2 rings (SSSR count). The van der Waals surface area contributed by atoms with Gasteiger partial charge >= 0.3 is 5.69 Å². The van der Waals surface area contributed by atoms with Crippen molar-refractivity contribution < 1.29 is 4.79 Å². The van der Waals surface area contributed by atoms with Crippen LogP contribution in [-0.4, -0.2) is 26.3 Å². The van der Waals surface area contributed by atoms with Gasteiger partial charge in [0.2, 0.25) is 5.69 Å². The van der Waals surface area contributed by atoms with Gasteiger partial charge in [0.15, 0.2) is 0 Å². The second-order valence-corrected chi connectivity index (χ2v) is 5.46. The largest absolute Gasteiger partial charge is 0.352 e. The topological polar surface area (TPSA) is 86.0 Å². The fourth-order valence-electron chi connectivity index (χ4n) is 2.15. The van der Waals surface area contributed by atoms with Crippen molar-refractivity contribution in [2.45, 2.75) is 39.8 Å². The van der Waals surface area contributed by atoms with Crippen LogP contribution in [0.15, 0.2) is 39.9 Å². The molecule has 0 spiro atoms. The quantitative estimate of drug-likeness (QED) is 0.889. The van der Waals surface area contributed by atoms with E-state index in [2.05, 4.69) is 10.4 Å². The minimum absolute atomic E-state index is 0.138. The molecule has 0 atom stereocenters. The SMILES string of the molecule is CCCn1c(=O)c(C(=O)NC(C)C)nn(-c2ccccc2)c1=O. The molecule has 0 unspecified atom stereocenters. The van der Waals surface area contributed by atoms with Gasteiger partial charge in [0.05, 0.1) is 5.69 Å². The van der Waals surface area contributed by atoms with Gasteiger partial charge < -0.3 is 5.32 Å². The van der Waals surface area contributed by atoms with Crippen LogP contribution in [0.4, 0.5) is 0 Å². The highest BCUT2D eigenvalue weighted by Crippen LogP contribution is 2.02. The molecule has 0 aliphatic carbocycles. The summed E-state index contributed by atoms with van der Waals surface area (Å²) in [6.45, 7) is 5.66. The Kier molecular flexibility index (Phi) is 5.10. The van der Waals surface area contributed by atoms with Gasteiger partial charge in [-0.1, -0.05) is 25.1 Å². The predicted octanol–water partition coefficient (Wildman–Crippen LogP) is 0.942. The first-order valence-corrected chi connectivity index (χ1v) is 7.56. The van der Waals surface area contributed by atoms with E-state index in [4.69, 9.17) is 0 Å². The molecule has 23 heavy (non-hydrogen) atoms. The summed E-state index contributed by atoms with van der Waals surface area (Å²) < 4.78 is 2.14. The van der Waals surface area contributed by atoms with E-state index in [0.717, 1.165) is 9.25 Å². The Bertz CT molecular complexity index is 806. The Balaban J connectivity index is 2.69. The average molecular weight is 316 g/mol. The number of hydrogen-bond acceptors (Lipinski definition) is 4. The molecule has 0 fully saturated rings. The van der Waals surface area contributed by atoms with Gasteiger partial charge in [0, 0.05) is 12.6 Å². The van der Waals surface area contributed by atoms with Crippen LogP contribution in [0.3, 0.4) is 0 Å². The minimum atomic E-state index is -0.665. The summed E-state index contributed by atoms with van der Waals surface area (Å²) in [5, 5.41) is 6.63. The second kappa shape index (κ2) is 7.04. The van der Waals surface area contributed by atoms with E-state index in [9.17, 15) is 14.4 Å². The van der Waals surface area contributed by atoms with Crippen molar-refractivity contribution in [3.8, 4) is 5.69 Å². The third-order valence-corrected chi connectivity index (χ3v) is 3.14. The monoisotopic (exact) mass is 316 g/mol. The van der Waals surface area contributed by atoms with Gasteiger partial charge in [-0.05, 0) is 32.4 Å². The number of benzene rings is 1. The summed E-state index contributed by atoms with van der Waals surface area (Å²) in [6, 6.07) is 8.57. The molecule has 0 aliphatic heterocycles. The maximum Gasteiger partial charge on any atom is 0.352 e. The van der Waals surface area contributed by atoms with Gasteiger partial charge in [-0.3, -0.25) is 14.2 Å². The summed E-state index contributed by atoms with van der Waals surface area (Å²) in [5.41, 5.74) is -0.997. The van der Waals surface area contributed by atoms with Gasteiger partial charge in [-0.25, -0.2) is 4.79 Å². The lowest BCUT2D eigenvalue weighted by molar-refractivity contribution is 0.0933. The van der Waals surface area contributed by atoms with Crippen LogP contribution in [0, 0.1) is 0 Å². The molecule has 0 saturated carbocycles. The molecule has 1 heterocycles. The minimum Gasteiger partial charge on any atom is -0.348 e. The van der Waals surface area contributed by atoms with Crippen LogP contribution in [0.25, 0.3) is 5.69 Å². The van der Waals surface area contributed by atoms with Crippen molar-refractivity contribution in [1.29, 1.82) is 0 Å². The fourth-order valence-corrected chi connectivity index (χ4v) is 2.15. The van der Waals surface area contributed by atoms with Gasteiger partial charge in [-0.15, -0.1) is 0 Å². The molecule has 1 N–H and O–H groups in total. The maximum atomic E-state index is 12.5. The van der Waals surface area contributed by atoms with Crippen LogP contribution in [0.5, 0.6) is 0 Å². The lowest BCUT2D eigenvalue weighted by atomic mass is 10.3. The van der Waals surface area contributed by atoms with E-state index >= 15 is 0 Å². The average Bonchev–Trinajstić information content (AvgIpc) is 2.51. The molecule has 7 heteroatoms. The van der Waals surface area contributed by atoms with E-state index in [-0.39, 0.29) is 18.3 Å². The van der Waals surface area contributed by atoms with Gasteiger partial charge in [-0.2, -0.15) is 9.78 Å². The van der Waals surface area contributed by atoms with Gasteiger partial charge in [0.25, 0.3) is 11.5 Å². The number of nitrogens with zero attached hydrogens (tertiary/aromatic N) is 3. The maximum absolute atomic E-state index is 12.5. The number of aromatic nitrogens is 3. The lowest BCUT2D eigenvalue weighted by Gasteiger charge is -2.12.